The molecular weight excluding hydrogens is 548 g/mol. The lowest BCUT2D eigenvalue weighted by atomic mass is 9.90. The molecule has 0 spiro atoms. The van der Waals surface area contributed by atoms with Gasteiger partial charge in [0.1, 0.15) is 0 Å². The number of benzene rings is 2. The van der Waals surface area contributed by atoms with Crippen LogP contribution in [-0.2, 0) is 29.2 Å². The first-order valence-corrected chi connectivity index (χ1v) is 12.3. The summed E-state index contributed by atoms with van der Waals surface area (Å²) >= 11 is 0. The van der Waals surface area contributed by atoms with Crippen LogP contribution in [0.15, 0.2) is 48.7 Å². The maximum Gasteiger partial charge on any atom is 0.416 e. The molecule has 3 aromatic rings. The molecule has 6 nitrogen and oxygen atoms in total. The molecular formula is C23H20ClF6N3O3S. The van der Waals surface area contributed by atoms with E-state index >= 15 is 0 Å². The van der Waals surface area contributed by atoms with Gasteiger partial charge in [0.05, 0.1) is 29.7 Å². The van der Waals surface area contributed by atoms with Gasteiger partial charge in [0.15, 0.2) is 11.5 Å². The number of hydrogen-bond donors (Lipinski definition) is 1. The van der Waals surface area contributed by atoms with Crippen LogP contribution in [0, 0.1) is 0 Å². The summed E-state index contributed by atoms with van der Waals surface area (Å²) in [4.78, 5) is 12.1. The maximum atomic E-state index is 13.1. The van der Waals surface area contributed by atoms with Gasteiger partial charge in [0, 0.05) is 17.5 Å². The van der Waals surface area contributed by atoms with Gasteiger partial charge in [0.2, 0.25) is 10.0 Å². The number of carbonyl (C=O) groups is 1. The Morgan fingerprint density at radius 1 is 0.973 bits per heavy atom. The van der Waals surface area contributed by atoms with Gasteiger partial charge in [-0.1, -0.05) is 12.1 Å². The third-order valence-corrected chi connectivity index (χ3v) is 7.45. The predicted molar refractivity (Wildman–Crippen MR) is 126 cm³/mol. The van der Waals surface area contributed by atoms with Crippen molar-refractivity contribution in [1.29, 1.82) is 0 Å². The fourth-order valence-electron chi connectivity index (χ4n) is 4.08. The number of nitrogens with zero attached hydrogens (tertiary/aromatic N) is 2. The Labute approximate surface area is 214 Å². The van der Waals surface area contributed by atoms with E-state index in [0.717, 1.165) is 24.3 Å². The number of aromatic amines is 1. The van der Waals surface area contributed by atoms with Gasteiger partial charge < -0.3 is 0 Å². The van der Waals surface area contributed by atoms with E-state index in [4.69, 9.17) is 0 Å². The lowest BCUT2D eigenvalue weighted by molar-refractivity contribution is -0.137. The molecule has 0 radical (unpaired) electrons. The molecule has 0 atom stereocenters. The van der Waals surface area contributed by atoms with Crippen LogP contribution in [0.1, 0.15) is 39.9 Å². The highest BCUT2D eigenvalue weighted by molar-refractivity contribution is 7.92. The molecule has 1 aliphatic rings. The first kappa shape index (κ1) is 28.5. The third-order valence-electron chi connectivity index (χ3n) is 5.74. The van der Waals surface area contributed by atoms with E-state index in [9.17, 15) is 39.6 Å². The van der Waals surface area contributed by atoms with Crippen LogP contribution >= 0.6 is 12.4 Å². The number of nitrogens with one attached hydrogen (secondary N) is 1. The number of sulfonamides is 1. The lowest BCUT2D eigenvalue weighted by Crippen LogP contribution is -2.37. The number of Topliss-reactive ketones (excluding diaryl/α,β-unsaturated/α-hetero) is 1. The van der Waals surface area contributed by atoms with Gasteiger partial charge in [-0.25, -0.2) is 8.42 Å². The molecule has 1 aliphatic carbocycles. The zero-order chi connectivity index (χ0) is 26.3. The molecule has 4 rings (SSSR count). The van der Waals surface area contributed by atoms with Crippen LogP contribution in [0.3, 0.4) is 0 Å². The molecule has 0 fully saturated rings. The van der Waals surface area contributed by atoms with Crippen LogP contribution in [0.4, 0.5) is 32.0 Å². The average Bonchev–Trinajstić information content (AvgIpc) is 3.23. The standard InChI is InChI=1S/C23H19F6N3O3S.ClH/c24-22(25,26)13-36(34,35)32(18-8-9-19-15(10-18)2-1-3-20(19)33)12-16-11-30-31-21(16)14-4-6-17(7-5-14)23(27,28)29;/h4-11H,1-3,12-13H2,(H,30,31);1H. The normalized spacial score (nSPS) is 14.2. The van der Waals surface area contributed by atoms with E-state index < -0.39 is 40.2 Å². The van der Waals surface area contributed by atoms with Crippen molar-refractivity contribution in [3.05, 3.63) is 70.9 Å². The lowest BCUT2D eigenvalue weighted by Gasteiger charge is -2.27. The largest absolute Gasteiger partial charge is 0.416 e. The fraction of sp³-hybridized carbons (Fsp3) is 0.304. The molecule has 1 aromatic heterocycles. The van der Waals surface area contributed by atoms with Crippen molar-refractivity contribution in [2.24, 2.45) is 0 Å². The molecule has 0 amide bonds. The van der Waals surface area contributed by atoms with Crippen LogP contribution in [0.2, 0.25) is 0 Å². The minimum atomic E-state index is -5.02. The number of hydrogen-bond acceptors (Lipinski definition) is 4. The summed E-state index contributed by atoms with van der Waals surface area (Å²) in [5.41, 5.74) is 0.508. The van der Waals surface area contributed by atoms with Gasteiger partial charge >= 0.3 is 12.4 Å². The number of alkyl halides is 6. The highest BCUT2D eigenvalue weighted by Crippen LogP contribution is 2.34. The summed E-state index contributed by atoms with van der Waals surface area (Å²) in [5, 5.41) is 6.39. The van der Waals surface area contributed by atoms with E-state index in [0.29, 0.717) is 34.7 Å². The first-order valence-electron chi connectivity index (χ1n) is 10.7. The van der Waals surface area contributed by atoms with Gasteiger partial charge in [-0.3, -0.25) is 14.2 Å². The van der Waals surface area contributed by atoms with Crippen molar-refractivity contribution in [3.63, 3.8) is 0 Å². The monoisotopic (exact) mass is 567 g/mol. The molecule has 0 aliphatic heterocycles. The Balaban J connectivity index is 0.00000380. The quantitative estimate of drug-likeness (QED) is 0.374. The van der Waals surface area contributed by atoms with Crippen LogP contribution < -0.4 is 4.31 Å². The summed E-state index contributed by atoms with van der Waals surface area (Å²) in [7, 11) is -4.94. The van der Waals surface area contributed by atoms with Gasteiger partial charge in [-0.2, -0.15) is 31.4 Å². The molecule has 0 unspecified atom stereocenters. The van der Waals surface area contributed by atoms with Crippen molar-refractivity contribution < 1.29 is 39.6 Å². The van der Waals surface area contributed by atoms with E-state index in [1.807, 2.05) is 0 Å². The minimum absolute atomic E-state index is 0. The van der Waals surface area contributed by atoms with E-state index in [2.05, 4.69) is 10.2 Å². The van der Waals surface area contributed by atoms with E-state index in [1.165, 1.54) is 24.4 Å². The molecule has 2 aromatic carbocycles. The third kappa shape index (κ3) is 6.45. The van der Waals surface area contributed by atoms with Crippen LogP contribution in [0.5, 0.6) is 0 Å². The summed E-state index contributed by atoms with van der Waals surface area (Å²) in [6.07, 6.45) is -7.06. The van der Waals surface area contributed by atoms with Gasteiger partial charge in [0.25, 0.3) is 0 Å². The Morgan fingerprint density at radius 3 is 2.27 bits per heavy atom. The highest BCUT2D eigenvalue weighted by atomic mass is 35.5. The topological polar surface area (TPSA) is 83.1 Å². The average molecular weight is 568 g/mol. The van der Waals surface area contributed by atoms with E-state index in [-0.39, 0.29) is 40.7 Å². The van der Waals surface area contributed by atoms with E-state index in [1.54, 1.807) is 0 Å². The van der Waals surface area contributed by atoms with Crippen molar-refractivity contribution in [3.8, 4) is 11.3 Å². The maximum absolute atomic E-state index is 13.1. The number of ketones is 1. The molecule has 0 bridgehead atoms. The molecule has 1 heterocycles. The Kier molecular flexibility index (Phi) is 7.99. The minimum Gasteiger partial charge on any atom is -0.294 e. The summed E-state index contributed by atoms with van der Waals surface area (Å²) in [6.45, 7) is -0.571. The number of H-pyrrole nitrogens is 1. The fourth-order valence-corrected chi connectivity index (χ4v) is 5.42. The zero-order valence-electron chi connectivity index (χ0n) is 18.9. The second-order valence-electron chi connectivity index (χ2n) is 8.34. The molecule has 0 saturated heterocycles. The van der Waals surface area contributed by atoms with Crippen LogP contribution in [0.25, 0.3) is 11.3 Å². The Hall–Kier alpha value is -3.06. The highest BCUT2D eigenvalue weighted by Gasteiger charge is 2.39. The zero-order valence-corrected chi connectivity index (χ0v) is 20.5. The number of fused-ring (bicyclic) bond motifs is 1. The number of aryl methyl sites for hydroxylation is 1. The van der Waals surface area contributed by atoms with Crippen LogP contribution in [-0.4, -0.2) is 36.3 Å². The predicted octanol–water partition coefficient (Wildman–Crippen LogP) is 5.94. The molecule has 1 N–H and O–H groups in total. The van der Waals surface area contributed by atoms with Gasteiger partial charge in [-0.05, 0) is 54.3 Å². The van der Waals surface area contributed by atoms with Crippen molar-refractivity contribution in [1.82, 2.24) is 10.2 Å². The number of anilines is 1. The summed E-state index contributed by atoms with van der Waals surface area (Å²) in [5.74, 6) is -2.25. The number of rotatable bonds is 6. The molecule has 200 valence electrons. The number of halogens is 7. The van der Waals surface area contributed by atoms with Gasteiger partial charge in [-0.15, -0.1) is 12.4 Å². The van der Waals surface area contributed by atoms with Crippen molar-refractivity contribution in [2.75, 3.05) is 10.1 Å². The molecule has 37 heavy (non-hydrogen) atoms. The summed E-state index contributed by atoms with van der Waals surface area (Å²) in [6, 6.07) is 8.02. The van der Waals surface area contributed by atoms with Crippen molar-refractivity contribution >= 4 is 33.9 Å². The SMILES string of the molecule is Cl.O=C1CCCc2cc(N(Cc3cn[nH]c3-c3ccc(C(F)(F)F)cc3)S(=O)(=O)CC(F)(F)F)ccc21. The smallest absolute Gasteiger partial charge is 0.294 e. The number of aromatic nitrogens is 2. The first-order chi connectivity index (χ1) is 16.7. The summed E-state index contributed by atoms with van der Waals surface area (Å²) < 4.78 is 105. The number of carbonyl (C=O) groups excluding carboxylic acids is 1. The van der Waals surface area contributed by atoms with Crippen molar-refractivity contribution in [2.45, 2.75) is 38.2 Å². The Bertz CT molecular complexity index is 1390. The molecule has 14 heteroatoms. The molecule has 0 saturated carbocycles. The Morgan fingerprint density at radius 2 is 1.65 bits per heavy atom. The second kappa shape index (κ2) is 10.4. The second-order valence-corrected chi connectivity index (χ2v) is 10.2.